The number of amides is 1. The van der Waals surface area contributed by atoms with Crippen LogP contribution in [0.3, 0.4) is 0 Å². The maximum atomic E-state index is 12.0. The molecule has 1 saturated heterocycles. The number of nitrogens with zero attached hydrogens (tertiary/aromatic N) is 2. The van der Waals surface area contributed by atoms with Gasteiger partial charge in [-0.1, -0.05) is 0 Å². The highest BCUT2D eigenvalue weighted by atomic mass is 16.5. The zero-order chi connectivity index (χ0) is 13.0. The first-order valence-corrected chi connectivity index (χ1v) is 6.28. The highest BCUT2D eigenvalue weighted by molar-refractivity contribution is 5.96. The van der Waals surface area contributed by atoms with Crippen LogP contribution in [0.25, 0.3) is 0 Å². The standard InChI is InChI=1S/C12H20N4O2/c1-9-11(10(2)15-14-9)12(17)13-3-4-16-5-7-18-8-6-16/h3-8H2,1-2H3,(H,13,17)(H,14,15). The maximum absolute atomic E-state index is 12.0. The molecule has 0 radical (unpaired) electrons. The molecule has 0 aliphatic carbocycles. The number of H-pyrrole nitrogens is 1. The summed E-state index contributed by atoms with van der Waals surface area (Å²) >= 11 is 0. The highest BCUT2D eigenvalue weighted by Crippen LogP contribution is 2.08. The van der Waals surface area contributed by atoms with E-state index in [-0.39, 0.29) is 5.91 Å². The van der Waals surface area contributed by atoms with Crippen molar-refractivity contribution in [3.8, 4) is 0 Å². The number of aromatic amines is 1. The van der Waals surface area contributed by atoms with Crippen molar-refractivity contribution in [1.82, 2.24) is 20.4 Å². The van der Waals surface area contributed by atoms with E-state index in [0.717, 1.165) is 44.2 Å². The van der Waals surface area contributed by atoms with E-state index in [1.165, 1.54) is 0 Å². The van der Waals surface area contributed by atoms with Gasteiger partial charge in [0.05, 0.1) is 24.5 Å². The Morgan fingerprint density at radius 1 is 1.44 bits per heavy atom. The van der Waals surface area contributed by atoms with Crippen molar-refractivity contribution in [1.29, 1.82) is 0 Å². The molecule has 2 rings (SSSR count). The van der Waals surface area contributed by atoms with Gasteiger partial charge in [0.1, 0.15) is 0 Å². The molecule has 0 unspecified atom stereocenters. The summed E-state index contributed by atoms with van der Waals surface area (Å²) in [5.41, 5.74) is 2.23. The Morgan fingerprint density at radius 3 is 2.78 bits per heavy atom. The molecule has 0 spiro atoms. The second kappa shape index (κ2) is 5.97. The van der Waals surface area contributed by atoms with Crippen LogP contribution in [0.2, 0.25) is 0 Å². The van der Waals surface area contributed by atoms with Crippen molar-refractivity contribution < 1.29 is 9.53 Å². The van der Waals surface area contributed by atoms with Crippen molar-refractivity contribution in [3.63, 3.8) is 0 Å². The van der Waals surface area contributed by atoms with Gasteiger partial charge in [-0.25, -0.2) is 0 Å². The van der Waals surface area contributed by atoms with Gasteiger partial charge in [-0.3, -0.25) is 14.8 Å². The first-order chi connectivity index (χ1) is 8.68. The largest absolute Gasteiger partial charge is 0.379 e. The van der Waals surface area contributed by atoms with E-state index >= 15 is 0 Å². The van der Waals surface area contributed by atoms with Gasteiger partial charge in [0, 0.05) is 31.9 Å². The molecule has 2 N–H and O–H groups in total. The fraction of sp³-hybridized carbons (Fsp3) is 0.667. The smallest absolute Gasteiger partial charge is 0.255 e. The normalized spacial score (nSPS) is 16.8. The summed E-state index contributed by atoms with van der Waals surface area (Å²) < 4.78 is 5.28. The Bertz CT molecular complexity index is 391. The maximum Gasteiger partial charge on any atom is 0.255 e. The average Bonchev–Trinajstić information content (AvgIpc) is 2.70. The van der Waals surface area contributed by atoms with Crippen LogP contribution in [0.4, 0.5) is 0 Å². The Labute approximate surface area is 107 Å². The summed E-state index contributed by atoms with van der Waals surface area (Å²) in [5.74, 6) is -0.0491. The van der Waals surface area contributed by atoms with Gasteiger partial charge in [0.25, 0.3) is 5.91 Å². The van der Waals surface area contributed by atoms with Crippen molar-refractivity contribution in [2.45, 2.75) is 13.8 Å². The minimum Gasteiger partial charge on any atom is -0.379 e. The third-order valence-electron chi connectivity index (χ3n) is 3.17. The molecule has 0 bridgehead atoms. The van der Waals surface area contributed by atoms with Crippen molar-refractivity contribution in [2.75, 3.05) is 39.4 Å². The molecule has 6 heteroatoms. The third kappa shape index (κ3) is 3.08. The summed E-state index contributed by atoms with van der Waals surface area (Å²) in [4.78, 5) is 14.3. The van der Waals surface area contributed by atoms with Crippen LogP contribution in [0.1, 0.15) is 21.7 Å². The van der Waals surface area contributed by atoms with Crippen LogP contribution in [-0.4, -0.2) is 60.4 Å². The number of carbonyl (C=O) groups is 1. The Morgan fingerprint density at radius 2 is 2.17 bits per heavy atom. The van der Waals surface area contributed by atoms with Gasteiger partial charge < -0.3 is 10.1 Å². The lowest BCUT2D eigenvalue weighted by Crippen LogP contribution is -2.41. The van der Waals surface area contributed by atoms with Gasteiger partial charge in [-0.05, 0) is 13.8 Å². The Kier molecular flexibility index (Phi) is 4.33. The number of aromatic nitrogens is 2. The number of morpholine rings is 1. The second-order valence-corrected chi connectivity index (χ2v) is 4.52. The van der Waals surface area contributed by atoms with E-state index in [9.17, 15) is 4.79 Å². The second-order valence-electron chi connectivity index (χ2n) is 4.52. The summed E-state index contributed by atoms with van der Waals surface area (Å²) in [6.45, 7) is 8.67. The first-order valence-electron chi connectivity index (χ1n) is 6.28. The predicted octanol–water partition coefficient (Wildman–Crippen LogP) is 0.0885. The molecular weight excluding hydrogens is 232 g/mol. The minimum atomic E-state index is -0.0491. The van der Waals surface area contributed by atoms with E-state index in [4.69, 9.17) is 4.74 Å². The van der Waals surface area contributed by atoms with Crippen LogP contribution in [0, 0.1) is 13.8 Å². The van der Waals surface area contributed by atoms with Gasteiger partial charge in [-0.15, -0.1) is 0 Å². The SMILES string of the molecule is Cc1n[nH]c(C)c1C(=O)NCCN1CCOCC1. The number of ether oxygens (including phenoxy) is 1. The van der Waals surface area contributed by atoms with E-state index in [1.807, 2.05) is 13.8 Å². The molecule has 6 nitrogen and oxygen atoms in total. The van der Waals surface area contributed by atoms with Crippen LogP contribution >= 0.6 is 0 Å². The van der Waals surface area contributed by atoms with Gasteiger partial charge in [0.15, 0.2) is 0 Å². The van der Waals surface area contributed by atoms with E-state index in [1.54, 1.807) is 0 Å². The number of nitrogens with one attached hydrogen (secondary N) is 2. The highest BCUT2D eigenvalue weighted by Gasteiger charge is 2.15. The van der Waals surface area contributed by atoms with E-state index in [0.29, 0.717) is 12.1 Å². The molecule has 1 fully saturated rings. The molecule has 0 atom stereocenters. The summed E-state index contributed by atoms with van der Waals surface area (Å²) in [6, 6.07) is 0. The van der Waals surface area contributed by atoms with Gasteiger partial charge in [0.2, 0.25) is 0 Å². The third-order valence-corrected chi connectivity index (χ3v) is 3.17. The van der Waals surface area contributed by atoms with Crippen molar-refractivity contribution in [2.24, 2.45) is 0 Å². The molecule has 18 heavy (non-hydrogen) atoms. The van der Waals surface area contributed by atoms with E-state index < -0.39 is 0 Å². The molecule has 0 aromatic carbocycles. The number of carbonyl (C=O) groups excluding carboxylic acids is 1. The minimum absolute atomic E-state index is 0.0491. The zero-order valence-electron chi connectivity index (χ0n) is 11.0. The summed E-state index contributed by atoms with van der Waals surface area (Å²) in [7, 11) is 0. The fourth-order valence-corrected chi connectivity index (χ4v) is 2.13. The first kappa shape index (κ1) is 13.0. The zero-order valence-corrected chi connectivity index (χ0v) is 11.0. The molecule has 2 heterocycles. The average molecular weight is 252 g/mol. The number of hydrogen-bond donors (Lipinski definition) is 2. The monoisotopic (exact) mass is 252 g/mol. The molecule has 1 aromatic rings. The van der Waals surface area contributed by atoms with Crippen molar-refractivity contribution in [3.05, 3.63) is 17.0 Å². The lowest BCUT2D eigenvalue weighted by atomic mass is 10.2. The lowest BCUT2D eigenvalue weighted by molar-refractivity contribution is 0.0383. The van der Waals surface area contributed by atoms with E-state index in [2.05, 4.69) is 20.4 Å². The van der Waals surface area contributed by atoms with Crippen LogP contribution in [-0.2, 0) is 4.74 Å². The molecule has 1 aliphatic heterocycles. The summed E-state index contributed by atoms with van der Waals surface area (Å²) in [5, 5.41) is 9.77. The summed E-state index contributed by atoms with van der Waals surface area (Å²) in [6.07, 6.45) is 0. The quantitative estimate of drug-likeness (QED) is 0.796. The Hall–Kier alpha value is -1.40. The van der Waals surface area contributed by atoms with Crippen molar-refractivity contribution >= 4 is 5.91 Å². The fourth-order valence-electron chi connectivity index (χ4n) is 2.13. The molecular formula is C12H20N4O2. The molecule has 100 valence electrons. The van der Waals surface area contributed by atoms with Gasteiger partial charge >= 0.3 is 0 Å². The molecule has 1 aliphatic rings. The topological polar surface area (TPSA) is 70.2 Å². The number of aryl methyl sites for hydroxylation is 2. The van der Waals surface area contributed by atoms with Crippen LogP contribution in [0.5, 0.6) is 0 Å². The Balaban J connectivity index is 1.78. The number of rotatable bonds is 4. The lowest BCUT2D eigenvalue weighted by Gasteiger charge is -2.26. The van der Waals surface area contributed by atoms with Gasteiger partial charge in [-0.2, -0.15) is 5.10 Å². The van der Waals surface area contributed by atoms with Crippen LogP contribution in [0.15, 0.2) is 0 Å². The molecule has 1 aromatic heterocycles. The molecule has 1 amide bonds. The van der Waals surface area contributed by atoms with Crippen LogP contribution < -0.4 is 5.32 Å². The molecule has 0 saturated carbocycles. The predicted molar refractivity (Wildman–Crippen MR) is 67.7 cm³/mol. The number of hydrogen-bond acceptors (Lipinski definition) is 4.